The van der Waals surface area contributed by atoms with Gasteiger partial charge in [-0.25, -0.2) is 4.79 Å². The number of aliphatic imine (C=N–C) groups is 1. The molecule has 1 aliphatic carbocycles. The summed E-state index contributed by atoms with van der Waals surface area (Å²) in [4.78, 5) is 31.3. The molecule has 3 aliphatic heterocycles. The number of nitrogens with zero attached hydrogens (tertiary/aromatic N) is 2. The number of carboxylic acids is 1. The van der Waals surface area contributed by atoms with Gasteiger partial charge in [0.15, 0.2) is 11.3 Å². The van der Waals surface area contributed by atoms with Crippen molar-refractivity contribution in [2.75, 3.05) is 24.3 Å². The summed E-state index contributed by atoms with van der Waals surface area (Å²) in [7, 11) is 2.06. The fourth-order valence-corrected chi connectivity index (χ4v) is 9.52. The topological polar surface area (TPSA) is 102 Å². The SMILES string of the molecule is CCCCCC1=CC=CC(=O)C1=C1N[C@@H]([C@H]2SC[C@@H]([C@@H](O)C(C)(C)C3=N[C@@](C)(C(=O)O)CS3)N2C)CS1.[Zn]. The smallest absolute Gasteiger partial charge is 0.332 e. The number of unbranched alkanes of at least 4 members (excludes halogenated alkanes) is 2. The molecule has 11 heteroatoms. The Morgan fingerprint density at radius 3 is 2.71 bits per heavy atom. The molecule has 0 aromatic rings. The third-order valence-corrected chi connectivity index (χ3v) is 12.0. The van der Waals surface area contributed by atoms with Gasteiger partial charge in [0.1, 0.15) is 0 Å². The van der Waals surface area contributed by atoms with Crippen molar-refractivity contribution in [3.63, 3.8) is 0 Å². The number of likely N-dealkylation sites (N-methyl/N-ethyl adjacent to an activating group) is 1. The van der Waals surface area contributed by atoms with Crippen molar-refractivity contribution in [3.8, 4) is 0 Å². The predicted molar refractivity (Wildman–Crippen MR) is 156 cm³/mol. The number of carboxylic acid groups (broad SMARTS) is 1. The van der Waals surface area contributed by atoms with Crippen LogP contribution in [0.4, 0.5) is 0 Å². The fraction of sp³-hybridized carbons (Fsp3) is 0.667. The molecule has 4 rings (SSSR count). The summed E-state index contributed by atoms with van der Waals surface area (Å²) in [5.74, 6) is 1.17. The van der Waals surface area contributed by atoms with Crippen LogP contribution in [-0.2, 0) is 29.1 Å². The molecule has 0 unspecified atom stereocenters. The molecule has 0 saturated carbocycles. The van der Waals surface area contributed by atoms with Crippen LogP contribution in [0.1, 0.15) is 53.4 Å². The number of aliphatic hydroxyl groups excluding tert-OH is 1. The van der Waals surface area contributed by atoms with E-state index in [1.807, 2.05) is 31.7 Å². The first-order valence-corrected chi connectivity index (χ1v) is 16.0. The molecule has 0 aromatic carbocycles. The van der Waals surface area contributed by atoms with Crippen LogP contribution in [0.2, 0.25) is 0 Å². The Hall–Kier alpha value is -0.577. The second-order valence-electron chi connectivity index (χ2n) is 11.0. The molecule has 3 N–H and O–H groups in total. The van der Waals surface area contributed by atoms with E-state index in [1.54, 1.807) is 24.8 Å². The van der Waals surface area contributed by atoms with Crippen LogP contribution in [0.3, 0.4) is 0 Å². The second-order valence-corrected chi connectivity index (χ2v) is 14.2. The van der Waals surface area contributed by atoms with Gasteiger partial charge in [0.05, 0.1) is 33.2 Å². The average molecular weight is 631 g/mol. The van der Waals surface area contributed by atoms with Gasteiger partial charge in [-0.1, -0.05) is 45.8 Å². The molecule has 7 nitrogen and oxygen atoms in total. The van der Waals surface area contributed by atoms with Crippen molar-refractivity contribution in [3.05, 3.63) is 34.4 Å². The summed E-state index contributed by atoms with van der Waals surface area (Å²) in [6, 6.07) is 0.0733. The van der Waals surface area contributed by atoms with E-state index >= 15 is 0 Å². The molecule has 0 spiro atoms. The van der Waals surface area contributed by atoms with Crippen molar-refractivity contribution in [1.82, 2.24) is 10.2 Å². The summed E-state index contributed by atoms with van der Waals surface area (Å²) in [5.41, 5.74) is 0.158. The van der Waals surface area contributed by atoms with Crippen molar-refractivity contribution in [2.45, 2.75) is 82.5 Å². The van der Waals surface area contributed by atoms with Crippen LogP contribution >= 0.6 is 35.3 Å². The minimum atomic E-state index is -1.14. The van der Waals surface area contributed by atoms with Crippen LogP contribution in [0.15, 0.2) is 39.4 Å². The zero-order valence-corrected chi connectivity index (χ0v) is 28.4. The van der Waals surface area contributed by atoms with E-state index in [9.17, 15) is 19.8 Å². The number of carbonyl (C=O) groups excluding carboxylic acids is 1. The van der Waals surface area contributed by atoms with Crippen LogP contribution < -0.4 is 5.32 Å². The Morgan fingerprint density at radius 1 is 1.32 bits per heavy atom. The summed E-state index contributed by atoms with van der Waals surface area (Å²) in [5, 5.41) is 26.6. The number of aliphatic carboxylic acids is 1. The van der Waals surface area contributed by atoms with Crippen LogP contribution in [-0.4, -0.2) is 85.3 Å². The van der Waals surface area contributed by atoms with Crippen LogP contribution in [0.25, 0.3) is 0 Å². The molecule has 0 amide bonds. The zero-order valence-electron chi connectivity index (χ0n) is 23.0. The Balaban J connectivity index is 0.00000400. The number of carbonyl (C=O) groups is 2. The molecule has 0 bridgehead atoms. The van der Waals surface area contributed by atoms with E-state index in [-0.39, 0.29) is 42.7 Å². The van der Waals surface area contributed by atoms with E-state index in [0.717, 1.165) is 53.4 Å². The van der Waals surface area contributed by atoms with Crippen molar-refractivity contribution >= 4 is 52.1 Å². The van der Waals surface area contributed by atoms with E-state index in [4.69, 9.17) is 0 Å². The maximum atomic E-state index is 12.8. The van der Waals surface area contributed by atoms with E-state index in [1.165, 1.54) is 11.8 Å². The second kappa shape index (κ2) is 12.9. The van der Waals surface area contributed by atoms with Gasteiger partial charge in [0.2, 0.25) is 0 Å². The molecular weight excluding hydrogens is 592 g/mol. The summed E-state index contributed by atoms with van der Waals surface area (Å²) >= 11 is 4.99. The van der Waals surface area contributed by atoms with Gasteiger partial charge in [-0.2, -0.15) is 0 Å². The Kier molecular flexibility index (Phi) is 10.9. The maximum absolute atomic E-state index is 12.8. The quantitative estimate of drug-likeness (QED) is 0.196. The molecule has 2 fully saturated rings. The normalized spacial score (nSPS) is 32.6. The van der Waals surface area contributed by atoms with E-state index < -0.39 is 23.0 Å². The third kappa shape index (κ3) is 6.33. The molecule has 4 aliphatic rings. The largest absolute Gasteiger partial charge is 0.479 e. The van der Waals surface area contributed by atoms with Gasteiger partial charge in [-0.15, -0.1) is 35.3 Å². The Bertz CT molecular complexity index is 1060. The molecule has 206 valence electrons. The minimum Gasteiger partial charge on any atom is -0.479 e. The van der Waals surface area contributed by atoms with Crippen molar-refractivity contribution < 1.29 is 39.3 Å². The van der Waals surface area contributed by atoms with Crippen molar-refractivity contribution in [2.24, 2.45) is 10.4 Å². The molecule has 3 heterocycles. The first-order chi connectivity index (χ1) is 17.5. The number of nitrogens with one attached hydrogen (secondary N) is 1. The zero-order chi connectivity index (χ0) is 27.0. The number of aliphatic hydroxyl groups is 1. The first kappa shape index (κ1) is 31.9. The predicted octanol–water partition coefficient (Wildman–Crippen LogP) is 4.30. The third-order valence-electron chi connectivity index (χ3n) is 7.77. The van der Waals surface area contributed by atoms with Crippen molar-refractivity contribution in [1.29, 1.82) is 0 Å². The van der Waals surface area contributed by atoms with Gasteiger partial charge in [0, 0.05) is 48.2 Å². The fourth-order valence-electron chi connectivity index (χ4n) is 5.21. The first-order valence-electron chi connectivity index (χ1n) is 13.0. The molecule has 5 atom stereocenters. The summed E-state index contributed by atoms with van der Waals surface area (Å²) < 4.78 is 0. The average Bonchev–Trinajstić information content (AvgIpc) is 3.58. The van der Waals surface area contributed by atoms with E-state index in [2.05, 4.69) is 35.3 Å². The number of thioether (sulfide) groups is 3. The van der Waals surface area contributed by atoms with Gasteiger partial charge in [0.25, 0.3) is 0 Å². The minimum absolute atomic E-state index is 0. The molecule has 2 saturated heterocycles. The molecular formula is C27H39N3O4S3Zn. The number of hydrogen-bond acceptors (Lipinski definition) is 9. The molecule has 0 radical (unpaired) electrons. The maximum Gasteiger partial charge on any atom is 0.332 e. The Labute approximate surface area is 252 Å². The summed E-state index contributed by atoms with van der Waals surface area (Å²) in [6.45, 7) is 7.75. The molecule has 38 heavy (non-hydrogen) atoms. The van der Waals surface area contributed by atoms with Crippen LogP contribution in [0, 0.1) is 5.41 Å². The number of hydrogen-bond donors (Lipinski definition) is 3. The van der Waals surface area contributed by atoms with Gasteiger partial charge >= 0.3 is 5.97 Å². The van der Waals surface area contributed by atoms with Gasteiger partial charge in [-0.3, -0.25) is 14.7 Å². The number of ketones is 1. The summed E-state index contributed by atoms with van der Waals surface area (Å²) in [6.07, 6.45) is 9.22. The van der Waals surface area contributed by atoms with Gasteiger partial charge < -0.3 is 15.5 Å². The number of allylic oxidation sites excluding steroid dienone is 5. The standard InChI is InChI=1S/C27H39N3O4S3.Zn/c1-6-7-8-10-16-11-9-12-19(31)20(16)22-28-17(13-35-22)23-30(5)18(14-36-23)21(32)26(2,3)24-29-27(4,15-37-24)25(33)34;/h9,11-12,17-18,21,23,28,32H,6-8,10,13-15H2,1-5H3,(H,33,34);/t17-,18+,21-,23-,27-;/m1./s1. The van der Waals surface area contributed by atoms with Gasteiger partial charge in [-0.05, 0) is 38.5 Å². The number of rotatable bonds is 9. The Morgan fingerprint density at radius 2 is 2.05 bits per heavy atom. The van der Waals surface area contributed by atoms with Crippen LogP contribution in [0.5, 0.6) is 0 Å². The monoisotopic (exact) mass is 629 g/mol. The van der Waals surface area contributed by atoms with E-state index in [0.29, 0.717) is 10.8 Å². The molecule has 0 aromatic heterocycles.